The summed E-state index contributed by atoms with van der Waals surface area (Å²) in [5, 5.41) is 7.33. The van der Waals surface area contributed by atoms with Crippen LogP contribution in [0.3, 0.4) is 0 Å². The van der Waals surface area contributed by atoms with Crippen LogP contribution in [0.25, 0.3) is 0 Å². The SMILES string of the molecule is CC(C)CN1CCOC(CSC(=N)N)C1. The van der Waals surface area contributed by atoms with Crippen molar-refractivity contribution in [2.24, 2.45) is 11.7 Å². The Morgan fingerprint density at radius 2 is 2.40 bits per heavy atom. The molecule has 1 unspecified atom stereocenters. The third-order valence-corrected chi connectivity index (χ3v) is 3.12. The largest absolute Gasteiger partial charge is 0.379 e. The van der Waals surface area contributed by atoms with Crippen molar-refractivity contribution in [1.29, 1.82) is 5.41 Å². The number of amidine groups is 1. The molecule has 0 aromatic carbocycles. The molecule has 1 aliphatic rings. The lowest BCUT2D eigenvalue weighted by atomic mass is 10.2. The molecule has 3 N–H and O–H groups in total. The van der Waals surface area contributed by atoms with E-state index in [1.807, 2.05) is 0 Å². The highest BCUT2D eigenvalue weighted by atomic mass is 32.2. The van der Waals surface area contributed by atoms with E-state index in [0.29, 0.717) is 5.92 Å². The van der Waals surface area contributed by atoms with E-state index in [0.717, 1.165) is 32.0 Å². The van der Waals surface area contributed by atoms with Crippen LogP contribution >= 0.6 is 11.8 Å². The van der Waals surface area contributed by atoms with E-state index in [-0.39, 0.29) is 11.3 Å². The Balaban J connectivity index is 2.25. The maximum absolute atomic E-state index is 7.15. The van der Waals surface area contributed by atoms with Crippen molar-refractivity contribution in [3.63, 3.8) is 0 Å². The Kier molecular flexibility index (Phi) is 5.42. The number of nitrogens with two attached hydrogens (primary N) is 1. The van der Waals surface area contributed by atoms with Crippen LogP contribution in [0.4, 0.5) is 0 Å². The first-order valence-corrected chi connectivity index (χ1v) is 6.37. The number of morpholine rings is 1. The molecule has 5 heteroatoms. The summed E-state index contributed by atoms with van der Waals surface area (Å²) in [6, 6.07) is 0. The summed E-state index contributed by atoms with van der Waals surface area (Å²) in [6.45, 7) is 8.39. The molecule has 1 saturated heterocycles. The summed E-state index contributed by atoms with van der Waals surface area (Å²) in [6.07, 6.45) is 0.228. The van der Waals surface area contributed by atoms with Gasteiger partial charge in [-0.3, -0.25) is 10.3 Å². The molecule has 0 aromatic heterocycles. The lowest BCUT2D eigenvalue weighted by Gasteiger charge is -2.33. The molecule has 88 valence electrons. The van der Waals surface area contributed by atoms with E-state index in [1.165, 1.54) is 11.8 Å². The molecule has 0 saturated carbocycles. The van der Waals surface area contributed by atoms with Crippen molar-refractivity contribution < 1.29 is 4.74 Å². The summed E-state index contributed by atoms with van der Waals surface area (Å²) in [5.41, 5.74) is 5.30. The van der Waals surface area contributed by atoms with Gasteiger partial charge >= 0.3 is 0 Å². The molecule has 0 radical (unpaired) electrons. The van der Waals surface area contributed by atoms with Gasteiger partial charge in [0.2, 0.25) is 0 Å². The molecule has 0 aromatic rings. The van der Waals surface area contributed by atoms with Gasteiger partial charge in [0.15, 0.2) is 5.17 Å². The monoisotopic (exact) mass is 231 g/mol. The van der Waals surface area contributed by atoms with E-state index in [1.54, 1.807) is 0 Å². The topological polar surface area (TPSA) is 62.3 Å². The quantitative estimate of drug-likeness (QED) is 0.559. The van der Waals surface area contributed by atoms with Crippen LogP contribution in [0.5, 0.6) is 0 Å². The van der Waals surface area contributed by atoms with Crippen LogP contribution in [0.15, 0.2) is 0 Å². The van der Waals surface area contributed by atoms with Gasteiger partial charge in [-0.1, -0.05) is 25.6 Å². The van der Waals surface area contributed by atoms with Crippen molar-refractivity contribution in [1.82, 2.24) is 4.90 Å². The van der Waals surface area contributed by atoms with Crippen LogP contribution in [-0.4, -0.2) is 48.2 Å². The standard InChI is InChI=1S/C10H21N3OS/c1-8(2)5-13-3-4-14-9(6-13)7-15-10(11)12/h8-9H,3-7H2,1-2H3,(H3,11,12). The fourth-order valence-electron chi connectivity index (χ4n) is 1.75. The number of thioether (sulfide) groups is 1. The molecule has 1 rings (SSSR count). The Morgan fingerprint density at radius 1 is 1.67 bits per heavy atom. The number of nitrogens with one attached hydrogen (secondary N) is 1. The van der Waals surface area contributed by atoms with E-state index in [4.69, 9.17) is 15.9 Å². The van der Waals surface area contributed by atoms with Gasteiger partial charge in [-0.15, -0.1) is 0 Å². The number of hydrogen-bond acceptors (Lipinski definition) is 4. The third kappa shape index (κ3) is 5.39. The predicted octanol–water partition coefficient (Wildman–Crippen LogP) is 0.970. The van der Waals surface area contributed by atoms with Crippen molar-refractivity contribution in [2.45, 2.75) is 20.0 Å². The predicted molar refractivity (Wildman–Crippen MR) is 65.4 cm³/mol. The zero-order valence-corrected chi connectivity index (χ0v) is 10.3. The molecule has 1 heterocycles. The van der Waals surface area contributed by atoms with Gasteiger partial charge in [0.05, 0.1) is 12.7 Å². The van der Waals surface area contributed by atoms with Gasteiger partial charge in [-0.05, 0) is 5.92 Å². The van der Waals surface area contributed by atoms with Crippen LogP contribution in [0.2, 0.25) is 0 Å². The first kappa shape index (κ1) is 12.8. The highest BCUT2D eigenvalue weighted by molar-refractivity contribution is 8.13. The minimum atomic E-state index is 0.180. The van der Waals surface area contributed by atoms with Gasteiger partial charge in [0.25, 0.3) is 0 Å². The van der Waals surface area contributed by atoms with Gasteiger partial charge in [-0.25, -0.2) is 0 Å². The minimum Gasteiger partial charge on any atom is -0.379 e. The molecule has 1 atom stereocenters. The second-order valence-corrected chi connectivity index (χ2v) is 5.38. The van der Waals surface area contributed by atoms with E-state index < -0.39 is 0 Å². The van der Waals surface area contributed by atoms with Crippen LogP contribution < -0.4 is 5.73 Å². The third-order valence-electron chi connectivity index (χ3n) is 2.27. The van der Waals surface area contributed by atoms with Gasteiger partial charge in [0.1, 0.15) is 0 Å². The minimum absolute atomic E-state index is 0.180. The molecule has 0 bridgehead atoms. The molecule has 1 fully saturated rings. The fourth-order valence-corrected chi connectivity index (χ4v) is 2.31. The molecular weight excluding hydrogens is 210 g/mol. The Labute approximate surface area is 96.0 Å². The van der Waals surface area contributed by atoms with E-state index in [9.17, 15) is 0 Å². The highest BCUT2D eigenvalue weighted by Crippen LogP contribution is 2.12. The van der Waals surface area contributed by atoms with Crippen molar-refractivity contribution >= 4 is 16.9 Å². The Hall–Kier alpha value is -0.260. The van der Waals surface area contributed by atoms with Crippen LogP contribution in [0, 0.1) is 11.3 Å². The van der Waals surface area contributed by atoms with Crippen molar-refractivity contribution in [3.8, 4) is 0 Å². The zero-order valence-electron chi connectivity index (χ0n) is 9.53. The Bertz CT molecular complexity index is 211. The smallest absolute Gasteiger partial charge is 0.151 e. The first-order chi connectivity index (χ1) is 7.08. The lowest BCUT2D eigenvalue weighted by molar-refractivity contribution is -0.0190. The number of nitrogens with zero attached hydrogens (tertiary/aromatic N) is 1. The average molecular weight is 231 g/mol. The fraction of sp³-hybridized carbons (Fsp3) is 0.900. The van der Waals surface area contributed by atoms with Gasteiger partial charge in [-0.2, -0.15) is 0 Å². The second-order valence-electron chi connectivity index (χ2n) is 4.32. The highest BCUT2D eigenvalue weighted by Gasteiger charge is 2.20. The molecule has 1 aliphatic heterocycles. The number of rotatable bonds is 4. The summed E-state index contributed by atoms with van der Waals surface area (Å²) in [7, 11) is 0. The normalized spacial score (nSPS) is 23.3. The van der Waals surface area contributed by atoms with Crippen LogP contribution in [0.1, 0.15) is 13.8 Å². The average Bonchev–Trinajstić information content (AvgIpc) is 2.14. The first-order valence-electron chi connectivity index (χ1n) is 5.38. The molecule has 0 aliphatic carbocycles. The molecular formula is C10H21N3OS. The second kappa shape index (κ2) is 6.35. The molecule has 4 nitrogen and oxygen atoms in total. The Morgan fingerprint density at radius 3 is 3.00 bits per heavy atom. The molecule has 0 spiro atoms. The molecule has 15 heavy (non-hydrogen) atoms. The van der Waals surface area contributed by atoms with Crippen molar-refractivity contribution in [3.05, 3.63) is 0 Å². The molecule has 0 amide bonds. The van der Waals surface area contributed by atoms with E-state index >= 15 is 0 Å². The van der Waals surface area contributed by atoms with Gasteiger partial charge < -0.3 is 10.5 Å². The summed E-state index contributed by atoms with van der Waals surface area (Å²) in [5.74, 6) is 1.49. The summed E-state index contributed by atoms with van der Waals surface area (Å²) >= 11 is 1.37. The van der Waals surface area contributed by atoms with E-state index in [2.05, 4.69) is 18.7 Å². The van der Waals surface area contributed by atoms with Crippen molar-refractivity contribution in [2.75, 3.05) is 32.0 Å². The lowest BCUT2D eigenvalue weighted by Crippen LogP contribution is -2.45. The van der Waals surface area contributed by atoms with Crippen LogP contribution in [-0.2, 0) is 4.74 Å². The number of hydrogen-bond donors (Lipinski definition) is 2. The summed E-state index contributed by atoms with van der Waals surface area (Å²) in [4.78, 5) is 2.43. The maximum Gasteiger partial charge on any atom is 0.151 e. The maximum atomic E-state index is 7.15. The van der Waals surface area contributed by atoms with Gasteiger partial charge in [0, 0.05) is 25.4 Å². The number of ether oxygens (including phenoxy) is 1. The zero-order chi connectivity index (χ0) is 11.3. The summed E-state index contributed by atoms with van der Waals surface area (Å²) < 4.78 is 5.63.